The Hall–Kier alpha value is -1.28. The molecule has 0 amide bonds. The van der Waals surface area contributed by atoms with Crippen LogP contribution >= 0.6 is 11.6 Å². The fourth-order valence-electron chi connectivity index (χ4n) is 1.58. The second kappa shape index (κ2) is 4.07. The van der Waals surface area contributed by atoms with Crippen molar-refractivity contribution in [2.75, 3.05) is 0 Å². The van der Waals surface area contributed by atoms with Crippen LogP contribution in [0.4, 0.5) is 0 Å². The third-order valence-corrected chi connectivity index (χ3v) is 2.55. The fourth-order valence-corrected chi connectivity index (χ4v) is 1.70. The Balaban J connectivity index is 2.45. The molecular weight excluding hydrogens is 208 g/mol. The van der Waals surface area contributed by atoms with Gasteiger partial charge in [-0.05, 0) is 30.2 Å². The first-order valence-corrected chi connectivity index (χ1v) is 5.35. The Morgan fingerprint density at radius 3 is 2.67 bits per heavy atom. The van der Waals surface area contributed by atoms with E-state index in [-0.39, 0.29) is 0 Å². The van der Waals surface area contributed by atoms with Gasteiger partial charge in [-0.25, -0.2) is 4.98 Å². The maximum Gasteiger partial charge on any atom is 0.136 e. The van der Waals surface area contributed by atoms with Crippen molar-refractivity contribution in [1.82, 2.24) is 9.55 Å². The molecule has 0 bridgehead atoms. The van der Waals surface area contributed by atoms with E-state index >= 15 is 0 Å². The number of nitrogens with zero attached hydrogens (tertiary/aromatic N) is 2. The molecule has 0 unspecified atom stereocenters. The topological polar surface area (TPSA) is 17.8 Å². The summed E-state index contributed by atoms with van der Waals surface area (Å²) in [5, 5.41) is 0.664. The van der Waals surface area contributed by atoms with Gasteiger partial charge in [0.2, 0.25) is 0 Å². The van der Waals surface area contributed by atoms with Crippen LogP contribution in [0.5, 0.6) is 0 Å². The summed E-state index contributed by atoms with van der Waals surface area (Å²) in [4.78, 5) is 4.29. The Labute approximate surface area is 94.5 Å². The van der Waals surface area contributed by atoms with Gasteiger partial charge in [-0.2, -0.15) is 0 Å². The van der Waals surface area contributed by atoms with E-state index in [1.807, 2.05) is 24.4 Å². The SMILES string of the molecule is CC(C)c1cccn1-c1ccc(Cl)cn1. The lowest BCUT2D eigenvalue weighted by molar-refractivity contribution is 0.777. The summed E-state index contributed by atoms with van der Waals surface area (Å²) in [6, 6.07) is 7.93. The van der Waals surface area contributed by atoms with Crippen LogP contribution in [-0.2, 0) is 0 Å². The minimum absolute atomic E-state index is 0.484. The highest BCUT2D eigenvalue weighted by molar-refractivity contribution is 6.30. The Bertz CT molecular complexity index is 443. The van der Waals surface area contributed by atoms with Gasteiger partial charge in [0.25, 0.3) is 0 Å². The normalized spacial score (nSPS) is 10.9. The van der Waals surface area contributed by atoms with Crippen LogP contribution in [-0.4, -0.2) is 9.55 Å². The van der Waals surface area contributed by atoms with Crippen molar-refractivity contribution < 1.29 is 0 Å². The van der Waals surface area contributed by atoms with Crippen LogP contribution in [0.3, 0.4) is 0 Å². The minimum atomic E-state index is 0.484. The molecule has 0 aromatic carbocycles. The third kappa shape index (κ3) is 2.05. The van der Waals surface area contributed by atoms with Crippen molar-refractivity contribution in [3.63, 3.8) is 0 Å². The lowest BCUT2D eigenvalue weighted by atomic mass is 10.1. The number of aromatic nitrogens is 2. The highest BCUT2D eigenvalue weighted by Gasteiger charge is 2.07. The average Bonchev–Trinajstić information content (AvgIpc) is 2.67. The summed E-state index contributed by atoms with van der Waals surface area (Å²) in [5.41, 5.74) is 1.25. The van der Waals surface area contributed by atoms with Crippen LogP contribution in [0.1, 0.15) is 25.5 Å². The molecule has 2 nitrogen and oxygen atoms in total. The summed E-state index contributed by atoms with van der Waals surface area (Å²) >= 11 is 5.80. The summed E-state index contributed by atoms with van der Waals surface area (Å²) in [7, 11) is 0. The molecule has 0 radical (unpaired) electrons. The van der Waals surface area contributed by atoms with Crippen molar-refractivity contribution in [2.45, 2.75) is 19.8 Å². The van der Waals surface area contributed by atoms with E-state index in [0.29, 0.717) is 10.9 Å². The molecule has 0 aliphatic rings. The Morgan fingerprint density at radius 1 is 1.27 bits per heavy atom. The molecular formula is C12H13ClN2. The highest BCUT2D eigenvalue weighted by atomic mass is 35.5. The molecule has 0 spiro atoms. The first-order chi connectivity index (χ1) is 7.18. The van der Waals surface area contributed by atoms with Gasteiger partial charge >= 0.3 is 0 Å². The zero-order valence-corrected chi connectivity index (χ0v) is 9.57. The molecule has 3 heteroatoms. The summed E-state index contributed by atoms with van der Waals surface area (Å²) < 4.78 is 2.08. The van der Waals surface area contributed by atoms with Gasteiger partial charge in [0, 0.05) is 18.1 Å². The van der Waals surface area contributed by atoms with E-state index in [9.17, 15) is 0 Å². The molecule has 15 heavy (non-hydrogen) atoms. The first-order valence-electron chi connectivity index (χ1n) is 4.97. The van der Waals surface area contributed by atoms with Crippen LogP contribution < -0.4 is 0 Å². The van der Waals surface area contributed by atoms with Gasteiger partial charge in [0.15, 0.2) is 0 Å². The van der Waals surface area contributed by atoms with Gasteiger partial charge in [0.1, 0.15) is 5.82 Å². The zero-order valence-electron chi connectivity index (χ0n) is 8.81. The lowest BCUT2D eigenvalue weighted by Crippen LogP contribution is -2.02. The average molecular weight is 221 g/mol. The van der Waals surface area contributed by atoms with Crippen molar-refractivity contribution in [1.29, 1.82) is 0 Å². The molecule has 2 heterocycles. The molecule has 0 atom stereocenters. The number of pyridine rings is 1. The number of hydrogen-bond acceptors (Lipinski definition) is 1. The molecule has 0 aliphatic carbocycles. The van der Waals surface area contributed by atoms with E-state index in [4.69, 9.17) is 11.6 Å². The Morgan fingerprint density at radius 2 is 2.07 bits per heavy atom. The van der Waals surface area contributed by atoms with Gasteiger partial charge in [-0.1, -0.05) is 25.4 Å². The van der Waals surface area contributed by atoms with E-state index in [1.165, 1.54) is 5.69 Å². The molecule has 0 N–H and O–H groups in total. The highest BCUT2D eigenvalue weighted by Crippen LogP contribution is 2.19. The second-order valence-corrected chi connectivity index (χ2v) is 4.23. The Kier molecular flexibility index (Phi) is 2.78. The largest absolute Gasteiger partial charge is 0.305 e. The van der Waals surface area contributed by atoms with Crippen molar-refractivity contribution in [2.24, 2.45) is 0 Å². The number of hydrogen-bond donors (Lipinski definition) is 0. The predicted octanol–water partition coefficient (Wildman–Crippen LogP) is 3.65. The van der Waals surface area contributed by atoms with Gasteiger partial charge in [-0.3, -0.25) is 0 Å². The molecule has 0 fully saturated rings. The zero-order chi connectivity index (χ0) is 10.8. The molecule has 2 aromatic rings. The maximum atomic E-state index is 5.80. The fraction of sp³-hybridized carbons (Fsp3) is 0.250. The summed E-state index contributed by atoms with van der Waals surface area (Å²) in [5.74, 6) is 1.39. The predicted molar refractivity (Wildman–Crippen MR) is 62.7 cm³/mol. The summed E-state index contributed by atoms with van der Waals surface area (Å²) in [6.07, 6.45) is 3.69. The molecule has 0 aliphatic heterocycles. The van der Waals surface area contributed by atoms with Crippen LogP contribution in [0.2, 0.25) is 5.02 Å². The van der Waals surface area contributed by atoms with E-state index in [2.05, 4.69) is 29.5 Å². The maximum absolute atomic E-state index is 5.80. The number of rotatable bonds is 2. The lowest BCUT2D eigenvalue weighted by Gasteiger charge is -2.10. The monoisotopic (exact) mass is 220 g/mol. The van der Waals surface area contributed by atoms with Crippen molar-refractivity contribution >= 4 is 11.6 Å². The quantitative estimate of drug-likeness (QED) is 0.756. The van der Waals surface area contributed by atoms with Crippen molar-refractivity contribution in [3.8, 4) is 5.82 Å². The van der Waals surface area contributed by atoms with Crippen LogP contribution in [0, 0.1) is 0 Å². The first kappa shape index (κ1) is 10.2. The van der Waals surface area contributed by atoms with E-state index < -0.39 is 0 Å². The van der Waals surface area contributed by atoms with Crippen LogP contribution in [0.25, 0.3) is 5.82 Å². The van der Waals surface area contributed by atoms with Gasteiger partial charge in [-0.15, -0.1) is 0 Å². The second-order valence-electron chi connectivity index (χ2n) is 3.79. The smallest absolute Gasteiger partial charge is 0.136 e. The third-order valence-electron chi connectivity index (χ3n) is 2.33. The van der Waals surface area contributed by atoms with Gasteiger partial charge in [0.05, 0.1) is 5.02 Å². The van der Waals surface area contributed by atoms with E-state index in [0.717, 1.165) is 5.82 Å². The molecule has 0 saturated carbocycles. The number of halogens is 1. The molecule has 78 valence electrons. The summed E-state index contributed by atoms with van der Waals surface area (Å²) in [6.45, 7) is 4.34. The van der Waals surface area contributed by atoms with Crippen molar-refractivity contribution in [3.05, 3.63) is 47.4 Å². The molecule has 0 saturated heterocycles. The van der Waals surface area contributed by atoms with Crippen LogP contribution in [0.15, 0.2) is 36.7 Å². The van der Waals surface area contributed by atoms with E-state index in [1.54, 1.807) is 6.20 Å². The molecule has 2 rings (SSSR count). The molecule has 2 aromatic heterocycles. The standard InChI is InChI=1S/C12H13ClN2/c1-9(2)11-4-3-7-15(11)12-6-5-10(13)8-14-12/h3-9H,1-2H3. The van der Waals surface area contributed by atoms with Gasteiger partial charge < -0.3 is 4.57 Å². The minimum Gasteiger partial charge on any atom is -0.305 e.